The predicted octanol–water partition coefficient (Wildman–Crippen LogP) is -2.88. The molecule has 0 radical (unpaired) electrons. The maximum atomic E-state index is 12.9. The number of fused-ring (bicyclic) bond motifs is 3. The smallest absolute Gasteiger partial charge is 0.231 e. The number of aromatic nitrogens is 3. The van der Waals surface area contributed by atoms with Gasteiger partial charge in [0.15, 0.2) is 0 Å². The zero-order valence-corrected chi connectivity index (χ0v) is 15.1. The average Bonchev–Trinajstić information content (AvgIpc) is 3.10. The number of rotatable bonds is 5. The first kappa shape index (κ1) is 16.9. The molecular formula is C17H30N6O2+2. The van der Waals surface area contributed by atoms with Crippen molar-refractivity contribution in [1.82, 2.24) is 19.9 Å². The third kappa shape index (κ3) is 3.56. The Labute approximate surface area is 148 Å². The summed E-state index contributed by atoms with van der Waals surface area (Å²) in [6.07, 6.45) is 4.38. The molecule has 2 bridgehead atoms. The second-order valence-corrected chi connectivity index (χ2v) is 7.68. The molecule has 1 aromatic rings. The molecular weight excluding hydrogens is 320 g/mol. The number of ether oxygens (including phenoxy) is 1. The molecule has 8 nitrogen and oxygen atoms in total. The van der Waals surface area contributed by atoms with Crippen molar-refractivity contribution in [2.75, 3.05) is 46.4 Å². The van der Waals surface area contributed by atoms with Crippen LogP contribution in [-0.4, -0.2) is 78.3 Å². The number of nitrogens with zero attached hydrogens (tertiary/aromatic N) is 4. The molecule has 1 amide bonds. The molecule has 138 valence electrons. The molecule has 1 unspecified atom stereocenters. The maximum Gasteiger partial charge on any atom is 0.231 e. The maximum absolute atomic E-state index is 12.9. The van der Waals surface area contributed by atoms with Crippen LogP contribution in [0, 0.1) is 11.8 Å². The Balaban J connectivity index is 1.37. The van der Waals surface area contributed by atoms with Crippen molar-refractivity contribution in [3.05, 3.63) is 11.9 Å². The van der Waals surface area contributed by atoms with Crippen LogP contribution < -0.4 is 10.2 Å². The van der Waals surface area contributed by atoms with Crippen molar-refractivity contribution >= 4 is 5.91 Å². The normalized spacial score (nSPS) is 32.1. The SMILES string of the molecule is C[NH2+]Cc1cn(C[C@H]2C[C@H]3CC[NH+]2C[C@@H]3C(=O)N2CCOCC2)nn1. The minimum Gasteiger partial charge on any atom is -0.378 e. The molecule has 3 N–H and O–H groups in total. The third-order valence-electron chi connectivity index (χ3n) is 6.10. The number of hydrogen-bond donors (Lipinski definition) is 2. The van der Waals surface area contributed by atoms with E-state index in [-0.39, 0.29) is 5.92 Å². The summed E-state index contributed by atoms with van der Waals surface area (Å²) in [5.41, 5.74) is 1.04. The van der Waals surface area contributed by atoms with Crippen molar-refractivity contribution < 1.29 is 19.7 Å². The van der Waals surface area contributed by atoms with E-state index in [4.69, 9.17) is 4.74 Å². The van der Waals surface area contributed by atoms with E-state index in [2.05, 4.69) is 21.8 Å². The Kier molecular flexibility index (Phi) is 5.00. The summed E-state index contributed by atoms with van der Waals surface area (Å²) >= 11 is 0. The first-order chi connectivity index (χ1) is 12.2. The van der Waals surface area contributed by atoms with Gasteiger partial charge in [0.25, 0.3) is 0 Å². The van der Waals surface area contributed by atoms with Crippen LogP contribution in [-0.2, 0) is 22.6 Å². The van der Waals surface area contributed by atoms with E-state index in [1.165, 1.54) is 13.0 Å². The fourth-order valence-electron chi connectivity index (χ4n) is 4.78. The van der Waals surface area contributed by atoms with Crippen LogP contribution in [0.1, 0.15) is 18.5 Å². The number of quaternary nitrogens is 2. The van der Waals surface area contributed by atoms with Crippen LogP contribution in [0.15, 0.2) is 6.20 Å². The van der Waals surface area contributed by atoms with Gasteiger partial charge in [0, 0.05) is 25.9 Å². The topological polar surface area (TPSA) is 81.3 Å². The van der Waals surface area contributed by atoms with E-state index < -0.39 is 0 Å². The molecule has 0 aliphatic carbocycles. The molecule has 4 aliphatic rings. The second-order valence-electron chi connectivity index (χ2n) is 7.68. The van der Waals surface area contributed by atoms with Gasteiger partial charge in [-0.1, -0.05) is 5.21 Å². The standard InChI is InChI=1S/C17H28N6O2/c1-18-9-14-10-23(20-19-14)11-15-8-13-2-3-22(15)12-16(13)17(24)21-4-6-25-7-5-21/h10,13,15-16,18H,2-9,11-12H2,1H3/p+2/t13-,15-,16+/m1/s1. The molecule has 4 aliphatic heterocycles. The van der Waals surface area contributed by atoms with Gasteiger partial charge >= 0.3 is 0 Å². The van der Waals surface area contributed by atoms with E-state index in [9.17, 15) is 4.79 Å². The van der Waals surface area contributed by atoms with Crippen LogP contribution in [0.2, 0.25) is 0 Å². The van der Waals surface area contributed by atoms with Crippen LogP contribution in [0.4, 0.5) is 0 Å². The molecule has 1 aromatic heterocycles. The van der Waals surface area contributed by atoms with Crippen LogP contribution in [0.3, 0.4) is 0 Å². The number of nitrogens with two attached hydrogens (primary N) is 1. The summed E-state index contributed by atoms with van der Waals surface area (Å²) in [7, 11) is 2.04. The summed E-state index contributed by atoms with van der Waals surface area (Å²) in [5, 5.41) is 10.6. The van der Waals surface area contributed by atoms with Crippen molar-refractivity contribution in [3.8, 4) is 0 Å². The number of amides is 1. The molecule has 4 atom stereocenters. The minimum atomic E-state index is 0.207. The number of hydrogen-bond acceptors (Lipinski definition) is 4. The zero-order chi connectivity index (χ0) is 17.2. The van der Waals surface area contributed by atoms with Gasteiger partial charge in [-0.15, -0.1) is 5.10 Å². The molecule has 0 aromatic carbocycles. The summed E-state index contributed by atoms with van der Waals surface area (Å²) in [6.45, 7) is 6.86. The van der Waals surface area contributed by atoms with Gasteiger partial charge in [0.05, 0.1) is 52.0 Å². The first-order valence-corrected chi connectivity index (χ1v) is 9.62. The Hall–Kier alpha value is -1.51. The van der Waals surface area contributed by atoms with Crippen molar-refractivity contribution in [2.45, 2.75) is 32.0 Å². The minimum absolute atomic E-state index is 0.207. The monoisotopic (exact) mass is 350 g/mol. The summed E-state index contributed by atoms with van der Waals surface area (Å²) < 4.78 is 7.38. The highest BCUT2D eigenvalue weighted by Gasteiger charge is 2.47. The molecule has 5 rings (SSSR count). The predicted molar refractivity (Wildman–Crippen MR) is 89.7 cm³/mol. The highest BCUT2D eigenvalue weighted by Crippen LogP contribution is 2.29. The van der Waals surface area contributed by atoms with Gasteiger partial charge in [-0.25, -0.2) is 4.68 Å². The van der Waals surface area contributed by atoms with Gasteiger partial charge in [-0.05, 0) is 5.92 Å². The second kappa shape index (κ2) is 7.39. The van der Waals surface area contributed by atoms with Gasteiger partial charge < -0.3 is 19.9 Å². The first-order valence-electron chi connectivity index (χ1n) is 9.62. The van der Waals surface area contributed by atoms with Gasteiger partial charge in [-0.2, -0.15) is 0 Å². The van der Waals surface area contributed by atoms with E-state index in [0.29, 0.717) is 31.1 Å². The summed E-state index contributed by atoms with van der Waals surface area (Å²) in [5.74, 6) is 1.11. The van der Waals surface area contributed by atoms with E-state index in [1.807, 2.05) is 16.6 Å². The van der Waals surface area contributed by atoms with Gasteiger partial charge in [0.2, 0.25) is 5.91 Å². The lowest BCUT2D eigenvalue weighted by Crippen LogP contribution is -3.20. The number of piperidine rings is 3. The quantitative estimate of drug-likeness (QED) is 0.598. The summed E-state index contributed by atoms with van der Waals surface area (Å²) in [4.78, 5) is 16.5. The molecule has 25 heavy (non-hydrogen) atoms. The van der Waals surface area contributed by atoms with Crippen LogP contribution in [0.5, 0.6) is 0 Å². The number of carbonyl (C=O) groups is 1. The molecule has 4 saturated heterocycles. The van der Waals surface area contributed by atoms with Crippen molar-refractivity contribution in [3.63, 3.8) is 0 Å². The molecule has 5 heterocycles. The average molecular weight is 350 g/mol. The lowest BCUT2D eigenvalue weighted by atomic mass is 9.75. The highest BCUT2D eigenvalue weighted by atomic mass is 16.5. The number of nitrogens with one attached hydrogen (secondary N) is 1. The van der Waals surface area contributed by atoms with Gasteiger partial charge in [0.1, 0.15) is 18.3 Å². The third-order valence-corrected chi connectivity index (χ3v) is 6.10. The molecule has 4 fully saturated rings. The van der Waals surface area contributed by atoms with E-state index in [1.54, 1.807) is 4.90 Å². The summed E-state index contributed by atoms with van der Waals surface area (Å²) in [6, 6.07) is 0.563. The molecule has 0 spiro atoms. The zero-order valence-electron chi connectivity index (χ0n) is 15.1. The lowest BCUT2D eigenvalue weighted by molar-refractivity contribution is -0.945. The Morgan fingerprint density at radius 3 is 3.00 bits per heavy atom. The highest BCUT2D eigenvalue weighted by molar-refractivity contribution is 5.79. The van der Waals surface area contributed by atoms with Crippen LogP contribution in [0.25, 0.3) is 0 Å². The van der Waals surface area contributed by atoms with Gasteiger partial charge in [-0.3, -0.25) is 4.79 Å². The molecule has 8 heteroatoms. The van der Waals surface area contributed by atoms with E-state index >= 15 is 0 Å². The fourth-order valence-corrected chi connectivity index (χ4v) is 4.78. The number of morpholine rings is 1. The number of carbonyl (C=O) groups excluding carboxylic acids is 1. The largest absolute Gasteiger partial charge is 0.378 e. The van der Waals surface area contributed by atoms with E-state index in [0.717, 1.165) is 44.8 Å². The van der Waals surface area contributed by atoms with Crippen molar-refractivity contribution in [1.29, 1.82) is 0 Å². The Bertz CT molecular complexity index is 600. The van der Waals surface area contributed by atoms with Crippen LogP contribution >= 0.6 is 0 Å². The molecule has 0 saturated carbocycles. The Morgan fingerprint density at radius 1 is 1.44 bits per heavy atom. The fraction of sp³-hybridized carbons (Fsp3) is 0.824. The van der Waals surface area contributed by atoms with Crippen molar-refractivity contribution in [2.24, 2.45) is 11.8 Å². The Morgan fingerprint density at radius 2 is 2.28 bits per heavy atom. The lowest BCUT2D eigenvalue weighted by Gasteiger charge is -2.47.